The summed E-state index contributed by atoms with van der Waals surface area (Å²) in [7, 11) is 0. The molecule has 0 saturated carbocycles. The number of fused-ring (bicyclic) bond motifs is 1. The molecule has 0 spiro atoms. The predicted molar refractivity (Wildman–Crippen MR) is 138 cm³/mol. The molecule has 0 bridgehead atoms. The number of benzene rings is 2. The minimum atomic E-state index is -0.830. The fraction of sp³-hybridized carbons (Fsp3) is 0.292. The van der Waals surface area contributed by atoms with E-state index in [1.807, 2.05) is 13.8 Å². The number of carbonyl (C=O) groups excluding carboxylic acids is 5. The molecule has 1 N–H and O–H groups in total. The number of halogens is 4. The van der Waals surface area contributed by atoms with Gasteiger partial charge in [0.2, 0.25) is 0 Å². The van der Waals surface area contributed by atoms with Crippen LogP contribution in [-0.2, 0) is 19.1 Å². The summed E-state index contributed by atoms with van der Waals surface area (Å²) in [6, 6.07) is 5.99. The molecule has 37 heavy (non-hydrogen) atoms. The van der Waals surface area contributed by atoms with Crippen molar-refractivity contribution in [1.82, 2.24) is 4.90 Å². The number of amides is 3. The zero-order valence-electron chi connectivity index (χ0n) is 19.5. The van der Waals surface area contributed by atoms with Crippen molar-refractivity contribution in [2.75, 3.05) is 25.1 Å². The second-order valence-corrected chi connectivity index (χ2v) is 9.81. The van der Waals surface area contributed by atoms with E-state index in [-0.39, 0.29) is 50.1 Å². The van der Waals surface area contributed by atoms with E-state index in [2.05, 4.69) is 5.32 Å². The van der Waals surface area contributed by atoms with Crippen molar-refractivity contribution < 1.29 is 33.4 Å². The van der Waals surface area contributed by atoms with E-state index in [1.165, 1.54) is 24.3 Å². The summed E-state index contributed by atoms with van der Waals surface area (Å²) in [6.45, 7) is 3.18. The van der Waals surface area contributed by atoms with Crippen molar-refractivity contribution in [2.45, 2.75) is 20.3 Å². The number of nitrogens with zero attached hydrogens (tertiary/aromatic N) is 1. The van der Waals surface area contributed by atoms with Crippen LogP contribution in [0.25, 0.3) is 0 Å². The number of imide groups is 1. The van der Waals surface area contributed by atoms with E-state index in [4.69, 9.17) is 55.9 Å². The first kappa shape index (κ1) is 28.7. The fourth-order valence-corrected chi connectivity index (χ4v) is 4.25. The van der Waals surface area contributed by atoms with Crippen LogP contribution in [0.15, 0.2) is 24.3 Å². The molecule has 13 heteroatoms. The fourth-order valence-electron chi connectivity index (χ4n) is 3.23. The average Bonchev–Trinajstić information content (AvgIpc) is 3.11. The molecule has 2 aromatic carbocycles. The van der Waals surface area contributed by atoms with Gasteiger partial charge >= 0.3 is 11.9 Å². The Morgan fingerprint density at radius 1 is 0.865 bits per heavy atom. The predicted octanol–water partition coefficient (Wildman–Crippen LogP) is 5.28. The van der Waals surface area contributed by atoms with Gasteiger partial charge in [0.25, 0.3) is 17.7 Å². The number of anilines is 1. The number of hydrogen-bond acceptors (Lipinski definition) is 7. The zero-order chi connectivity index (χ0) is 27.4. The lowest BCUT2D eigenvalue weighted by Gasteiger charge is -2.13. The topological polar surface area (TPSA) is 119 Å². The third-order valence-corrected chi connectivity index (χ3v) is 6.84. The standard InChI is InChI=1S/C24H20Cl4N2O7/c1-11(2)9-37-24(35)12-3-5-13(6-4-12)29-14(31)10-36-15(32)7-8-30-22(33)16-17(23(30)34)19(26)21(28)20(27)18(16)25/h3-6,11H,7-10H2,1-2H3,(H,29,31). The Morgan fingerprint density at radius 2 is 1.41 bits per heavy atom. The van der Waals surface area contributed by atoms with E-state index in [0.717, 1.165) is 4.90 Å². The largest absolute Gasteiger partial charge is 0.462 e. The van der Waals surface area contributed by atoms with E-state index < -0.39 is 36.3 Å². The third kappa shape index (κ3) is 6.54. The summed E-state index contributed by atoms with van der Waals surface area (Å²) >= 11 is 24.1. The van der Waals surface area contributed by atoms with Crippen molar-refractivity contribution >= 4 is 81.8 Å². The first-order chi connectivity index (χ1) is 17.4. The number of nitrogens with one attached hydrogen (secondary N) is 1. The Hall–Kier alpha value is -2.85. The summed E-state index contributed by atoms with van der Waals surface area (Å²) in [5, 5.41) is 1.76. The summed E-state index contributed by atoms with van der Waals surface area (Å²) in [5.41, 5.74) is 0.306. The lowest BCUT2D eigenvalue weighted by molar-refractivity contribution is -0.147. The lowest BCUT2D eigenvalue weighted by Crippen LogP contribution is -2.32. The third-order valence-electron chi connectivity index (χ3n) is 5.04. The second-order valence-electron chi connectivity index (χ2n) is 8.30. The van der Waals surface area contributed by atoms with E-state index in [9.17, 15) is 24.0 Å². The highest BCUT2D eigenvalue weighted by atomic mass is 35.5. The normalized spacial score (nSPS) is 12.6. The van der Waals surface area contributed by atoms with Crippen LogP contribution >= 0.6 is 46.4 Å². The summed E-state index contributed by atoms with van der Waals surface area (Å²) in [5.74, 6) is -3.31. The highest BCUT2D eigenvalue weighted by Crippen LogP contribution is 2.44. The molecular weight excluding hydrogens is 570 g/mol. The molecule has 0 aliphatic carbocycles. The maximum absolute atomic E-state index is 12.7. The van der Waals surface area contributed by atoms with Crippen LogP contribution in [0.5, 0.6) is 0 Å². The van der Waals surface area contributed by atoms with Gasteiger partial charge in [-0.2, -0.15) is 0 Å². The van der Waals surface area contributed by atoms with Crippen LogP contribution in [-0.4, -0.2) is 54.3 Å². The molecule has 0 aromatic heterocycles. The van der Waals surface area contributed by atoms with Crippen molar-refractivity contribution in [1.29, 1.82) is 0 Å². The number of hydrogen-bond donors (Lipinski definition) is 1. The van der Waals surface area contributed by atoms with E-state index in [0.29, 0.717) is 17.9 Å². The number of ether oxygens (including phenoxy) is 2. The quantitative estimate of drug-likeness (QED) is 0.183. The second kappa shape index (κ2) is 12.1. The molecule has 0 saturated heterocycles. The first-order valence-electron chi connectivity index (χ1n) is 10.9. The Bertz CT molecular complexity index is 1230. The Kier molecular flexibility index (Phi) is 9.41. The molecule has 1 aliphatic rings. The van der Waals surface area contributed by atoms with Crippen LogP contribution in [0.3, 0.4) is 0 Å². The molecule has 0 unspecified atom stereocenters. The van der Waals surface area contributed by atoms with Gasteiger partial charge in [-0.05, 0) is 30.2 Å². The Labute approximate surface area is 231 Å². The maximum Gasteiger partial charge on any atom is 0.338 e. The van der Waals surface area contributed by atoms with Gasteiger partial charge in [0.15, 0.2) is 6.61 Å². The molecule has 1 heterocycles. The number of rotatable bonds is 9. The highest BCUT2D eigenvalue weighted by molar-refractivity contribution is 6.55. The maximum atomic E-state index is 12.7. The molecule has 0 atom stereocenters. The summed E-state index contributed by atoms with van der Waals surface area (Å²) < 4.78 is 10.1. The smallest absolute Gasteiger partial charge is 0.338 e. The van der Waals surface area contributed by atoms with Gasteiger partial charge in [-0.3, -0.25) is 24.1 Å². The van der Waals surface area contributed by atoms with Crippen LogP contribution in [0, 0.1) is 5.92 Å². The lowest BCUT2D eigenvalue weighted by atomic mass is 10.1. The van der Waals surface area contributed by atoms with Gasteiger partial charge in [-0.1, -0.05) is 60.3 Å². The van der Waals surface area contributed by atoms with Gasteiger partial charge in [0.1, 0.15) is 0 Å². The van der Waals surface area contributed by atoms with Gasteiger partial charge < -0.3 is 14.8 Å². The van der Waals surface area contributed by atoms with Crippen molar-refractivity contribution in [2.24, 2.45) is 5.92 Å². The molecule has 0 fully saturated rings. The summed E-state index contributed by atoms with van der Waals surface area (Å²) in [6.07, 6.45) is -0.386. The molecule has 0 radical (unpaired) electrons. The Balaban J connectivity index is 1.49. The summed E-state index contributed by atoms with van der Waals surface area (Å²) in [4.78, 5) is 62.3. The van der Waals surface area contributed by atoms with Crippen molar-refractivity contribution in [3.8, 4) is 0 Å². The van der Waals surface area contributed by atoms with Crippen molar-refractivity contribution in [3.05, 3.63) is 61.0 Å². The molecular formula is C24H20Cl4N2O7. The molecule has 1 aliphatic heterocycles. The zero-order valence-corrected chi connectivity index (χ0v) is 22.6. The van der Waals surface area contributed by atoms with Crippen LogP contribution in [0.1, 0.15) is 51.3 Å². The van der Waals surface area contributed by atoms with Crippen LogP contribution < -0.4 is 5.32 Å². The van der Waals surface area contributed by atoms with E-state index >= 15 is 0 Å². The minimum absolute atomic E-state index is 0.166. The SMILES string of the molecule is CC(C)COC(=O)c1ccc(NC(=O)COC(=O)CCN2C(=O)c3c(Cl)c(Cl)c(Cl)c(Cl)c3C2=O)cc1. The van der Waals surface area contributed by atoms with Crippen molar-refractivity contribution in [3.63, 3.8) is 0 Å². The molecule has 3 amide bonds. The van der Waals surface area contributed by atoms with E-state index in [1.54, 1.807) is 0 Å². The van der Waals surface area contributed by atoms with Crippen LogP contribution in [0.2, 0.25) is 20.1 Å². The first-order valence-corrected chi connectivity index (χ1v) is 12.4. The number of esters is 2. The van der Waals surface area contributed by atoms with Gasteiger partial charge in [-0.25, -0.2) is 4.79 Å². The molecule has 2 aromatic rings. The molecule has 9 nitrogen and oxygen atoms in total. The number of carbonyl (C=O) groups is 5. The minimum Gasteiger partial charge on any atom is -0.462 e. The highest BCUT2D eigenvalue weighted by Gasteiger charge is 2.41. The van der Waals surface area contributed by atoms with Gasteiger partial charge in [0, 0.05) is 12.2 Å². The average molecular weight is 590 g/mol. The molecule has 3 rings (SSSR count). The molecule has 196 valence electrons. The van der Waals surface area contributed by atoms with Gasteiger partial charge in [-0.15, -0.1) is 0 Å². The van der Waals surface area contributed by atoms with Crippen LogP contribution in [0.4, 0.5) is 5.69 Å². The monoisotopic (exact) mass is 588 g/mol. The Morgan fingerprint density at radius 3 is 1.92 bits per heavy atom. The van der Waals surface area contributed by atoms with Gasteiger partial charge in [0.05, 0.1) is 49.8 Å².